The van der Waals surface area contributed by atoms with E-state index in [1.807, 2.05) is 45.3 Å². The molecule has 0 aliphatic heterocycles. The average Bonchev–Trinajstić information content (AvgIpc) is 2.78. The number of likely N-dealkylation sites (N-methyl/N-ethyl adjacent to an activating group) is 1. The minimum Gasteiger partial charge on any atom is -0.354 e. The summed E-state index contributed by atoms with van der Waals surface area (Å²) in [5, 5.41) is 8.06. The summed E-state index contributed by atoms with van der Waals surface area (Å²) >= 11 is 1.62. The quantitative estimate of drug-likeness (QED) is 0.823. The molecule has 16 heavy (non-hydrogen) atoms. The SMILES string of the molecule is CNC(C)CNC(=O)C(C)(C)c1cccs1. The summed E-state index contributed by atoms with van der Waals surface area (Å²) in [6, 6.07) is 4.28. The van der Waals surface area contributed by atoms with Crippen molar-refractivity contribution in [2.24, 2.45) is 0 Å². The molecule has 0 radical (unpaired) electrons. The van der Waals surface area contributed by atoms with Gasteiger partial charge in [0.2, 0.25) is 5.91 Å². The molecular weight excluding hydrogens is 220 g/mol. The van der Waals surface area contributed by atoms with Gasteiger partial charge in [-0.05, 0) is 39.3 Å². The second kappa shape index (κ2) is 5.46. The molecule has 1 rings (SSSR count). The molecule has 4 heteroatoms. The molecule has 0 aromatic carbocycles. The molecule has 90 valence electrons. The summed E-state index contributed by atoms with van der Waals surface area (Å²) in [5.41, 5.74) is -0.443. The van der Waals surface area contributed by atoms with Gasteiger partial charge < -0.3 is 10.6 Å². The fourth-order valence-electron chi connectivity index (χ4n) is 1.31. The molecule has 1 heterocycles. The number of hydrogen-bond donors (Lipinski definition) is 2. The normalized spacial score (nSPS) is 13.5. The number of hydrogen-bond acceptors (Lipinski definition) is 3. The monoisotopic (exact) mass is 240 g/mol. The molecule has 0 saturated heterocycles. The molecular formula is C12H20N2OS. The molecule has 1 unspecified atom stereocenters. The fraction of sp³-hybridized carbons (Fsp3) is 0.583. The van der Waals surface area contributed by atoms with Crippen molar-refractivity contribution in [2.45, 2.75) is 32.2 Å². The first-order chi connectivity index (χ1) is 7.48. The molecule has 0 aliphatic carbocycles. The third-order valence-corrected chi connectivity index (χ3v) is 3.96. The Morgan fingerprint density at radius 1 is 1.56 bits per heavy atom. The van der Waals surface area contributed by atoms with Gasteiger partial charge in [-0.25, -0.2) is 0 Å². The lowest BCUT2D eigenvalue weighted by molar-refractivity contribution is -0.125. The van der Waals surface area contributed by atoms with E-state index in [9.17, 15) is 4.79 Å². The third-order valence-electron chi connectivity index (χ3n) is 2.77. The lowest BCUT2D eigenvalue weighted by Gasteiger charge is -2.23. The Kier molecular flexibility index (Phi) is 4.50. The largest absolute Gasteiger partial charge is 0.354 e. The lowest BCUT2D eigenvalue weighted by atomic mass is 9.90. The van der Waals surface area contributed by atoms with E-state index in [0.717, 1.165) is 4.88 Å². The molecule has 0 aliphatic rings. The predicted molar refractivity (Wildman–Crippen MR) is 68.9 cm³/mol. The van der Waals surface area contributed by atoms with Gasteiger partial charge in [-0.1, -0.05) is 6.07 Å². The maximum Gasteiger partial charge on any atom is 0.230 e. The smallest absolute Gasteiger partial charge is 0.230 e. The average molecular weight is 240 g/mol. The zero-order valence-corrected chi connectivity index (χ0v) is 11.1. The zero-order valence-electron chi connectivity index (χ0n) is 10.3. The first-order valence-corrected chi connectivity index (χ1v) is 6.36. The Hall–Kier alpha value is -0.870. The van der Waals surface area contributed by atoms with E-state index in [2.05, 4.69) is 10.6 Å². The minimum atomic E-state index is -0.443. The summed E-state index contributed by atoms with van der Waals surface area (Å²) in [6.45, 7) is 6.61. The second-order valence-corrected chi connectivity index (χ2v) is 5.45. The van der Waals surface area contributed by atoms with Crippen LogP contribution in [0.1, 0.15) is 25.6 Å². The van der Waals surface area contributed by atoms with Crippen molar-refractivity contribution < 1.29 is 4.79 Å². The van der Waals surface area contributed by atoms with Crippen molar-refractivity contribution >= 4 is 17.2 Å². The number of carbonyl (C=O) groups excluding carboxylic acids is 1. The van der Waals surface area contributed by atoms with Crippen LogP contribution < -0.4 is 10.6 Å². The van der Waals surface area contributed by atoms with Crippen molar-refractivity contribution in [1.29, 1.82) is 0 Å². The summed E-state index contributed by atoms with van der Waals surface area (Å²) in [7, 11) is 1.89. The minimum absolute atomic E-state index is 0.0806. The number of nitrogens with one attached hydrogen (secondary N) is 2. The van der Waals surface area contributed by atoms with Crippen LogP contribution in [0.3, 0.4) is 0 Å². The predicted octanol–water partition coefficient (Wildman–Crippen LogP) is 1.75. The molecule has 0 saturated carbocycles. The van der Waals surface area contributed by atoms with Gasteiger partial charge in [0.15, 0.2) is 0 Å². The van der Waals surface area contributed by atoms with Crippen LogP contribution in [0.15, 0.2) is 17.5 Å². The lowest BCUT2D eigenvalue weighted by Crippen LogP contribution is -2.44. The maximum atomic E-state index is 12.1. The fourth-order valence-corrected chi connectivity index (χ4v) is 2.16. The highest BCUT2D eigenvalue weighted by molar-refractivity contribution is 7.10. The summed E-state index contributed by atoms with van der Waals surface area (Å²) in [6.07, 6.45) is 0. The topological polar surface area (TPSA) is 41.1 Å². The number of amides is 1. The highest BCUT2D eigenvalue weighted by Gasteiger charge is 2.30. The molecule has 0 spiro atoms. The highest BCUT2D eigenvalue weighted by atomic mass is 32.1. The Bertz CT molecular complexity index is 333. The van der Waals surface area contributed by atoms with Crippen LogP contribution in [0.2, 0.25) is 0 Å². The Morgan fingerprint density at radius 2 is 2.25 bits per heavy atom. The van der Waals surface area contributed by atoms with Crippen LogP contribution in [0.5, 0.6) is 0 Å². The molecule has 1 atom stereocenters. The molecule has 0 fully saturated rings. The second-order valence-electron chi connectivity index (χ2n) is 4.50. The third kappa shape index (κ3) is 3.06. The van der Waals surface area contributed by atoms with Crippen LogP contribution in [-0.4, -0.2) is 25.5 Å². The van der Waals surface area contributed by atoms with Crippen molar-refractivity contribution in [3.05, 3.63) is 22.4 Å². The summed E-state index contributed by atoms with van der Waals surface area (Å²) in [4.78, 5) is 13.2. The summed E-state index contributed by atoms with van der Waals surface area (Å²) in [5.74, 6) is 0.0806. The van der Waals surface area contributed by atoms with Gasteiger partial charge >= 0.3 is 0 Å². The van der Waals surface area contributed by atoms with Gasteiger partial charge in [0.05, 0.1) is 5.41 Å². The van der Waals surface area contributed by atoms with E-state index in [-0.39, 0.29) is 5.91 Å². The highest BCUT2D eigenvalue weighted by Crippen LogP contribution is 2.27. The maximum absolute atomic E-state index is 12.1. The van der Waals surface area contributed by atoms with Gasteiger partial charge in [0.25, 0.3) is 0 Å². The van der Waals surface area contributed by atoms with E-state index in [1.54, 1.807) is 11.3 Å². The van der Waals surface area contributed by atoms with Crippen molar-refractivity contribution in [3.63, 3.8) is 0 Å². The first kappa shape index (κ1) is 13.2. The van der Waals surface area contributed by atoms with Crippen LogP contribution >= 0.6 is 11.3 Å². The van der Waals surface area contributed by atoms with E-state index in [0.29, 0.717) is 12.6 Å². The van der Waals surface area contributed by atoms with Crippen LogP contribution in [0.25, 0.3) is 0 Å². The molecule has 1 aromatic heterocycles. The molecule has 1 amide bonds. The van der Waals surface area contributed by atoms with Crippen LogP contribution in [-0.2, 0) is 10.2 Å². The van der Waals surface area contributed by atoms with Gasteiger partial charge in [-0.2, -0.15) is 0 Å². The Morgan fingerprint density at radius 3 is 2.75 bits per heavy atom. The molecule has 1 aromatic rings. The van der Waals surface area contributed by atoms with Crippen LogP contribution in [0, 0.1) is 0 Å². The number of carbonyl (C=O) groups is 1. The Labute approximate surface area is 101 Å². The van der Waals surface area contributed by atoms with E-state index in [1.165, 1.54) is 0 Å². The summed E-state index contributed by atoms with van der Waals surface area (Å²) < 4.78 is 0. The molecule has 2 N–H and O–H groups in total. The zero-order chi connectivity index (χ0) is 12.2. The van der Waals surface area contributed by atoms with Crippen molar-refractivity contribution in [1.82, 2.24) is 10.6 Å². The van der Waals surface area contributed by atoms with E-state index < -0.39 is 5.41 Å². The molecule has 3 nitrogen and oxygen atoms in total. The van der Waals surface area contributed by atoms with Crippen molar-refractivity contribution in [2.75, 3.05) is 13.6 Å². The van der Waals surface area contributed by atoms with Gasteiger partial charge in [-0.15, -0.1) is 11.3 Å². The standard InChI is InChI=1S/C12H20N2OS/c1-9(13-4)8-14-11(15)12(2,3)10-6-5-7-16-10/h5-7,9,13H,8H2,1-4H3,(H,14,15). The van der Waals surface area contributed by atoms with Crippen molar-refractivity contribution in [3.8, 4) is 0 Å². The van der Waals surface area contributed by atoms with E-state index >= 15 is 0 Å². The molecule has 0 bridgehead atoms. The van der Waals surface area contributed by atoms with Gasteiger partial charge in [0, 0.05) is 17.5 Å². The Balaban J connectivity index is 2.59. The van der Waals surface area contributed by atoms with Crippen LogP contribution in [0.4, 0.5) is 0 Å². The number of rotatable bonds is 5. The van der Waals surface area contributed by atoms with Gasteiger partial charge in [0.1, 0.15) is 0 Å². The van der Waals surface area contributed by atoms with E-state index in [4.69, 9.17) is 0 Å². The number of thiophene rings is 1. The van der Waals surface area contributed by atoms with Gasteiger partial charge in [-0.3, -0.25) is 4.79 Å². The first-order valence-electron chi connectivity index (χ1n) is 5.48.